The fourth-order valence-corrected chi connectivity index (χ4v) is 2.01. The minimum atomic E-state index is -0.947. The summed E-state index contributed by atoms with van der Waals surface area (Å²) >= 11 is 0. The van der Waals surface area contributed by atoms with Crippen LogP contribution in [-0.2, 0) is 11.3 Å². The Morgan fingerprint density at radius 2 is 2.18 bits per heavy atom. The molecule has 0 saturated heterocycles. The smallest absolute Gasteiger partial charge is 0.339 e. The predicted octanol–water partition coefficient (Wildman–Crippen LogP) is 2.07. The molecule has 0 bridgehead atoms. The number of benzene rings is 1. The highest BCUT2D eigenvalue weighted by molar-refractivity contribution is 6.20. The number of carboxylic acids is 1. The van der Waals surface area contributed by atoms with Gasteiger partial charge in [-0.05, 0) is 23.8 Å². The Labute approximate surface area is 98.2 Å². The topological polar surface area (TPSA) is 52.9 Å². The fraction of sp³-hybridized carbons (Fsp3) is 0.0769. The number of hydrogen-bond donors (Lipinski definition) is 1. The number of para-hydroxylation sites is 1. The molecule has 0 atom stereocenters. The first-order chi connectivity index (χ1) is 8.25. The van der Waals surface area contributed by atoms with E-state index in [2.05, 4.69) is 4.99 Å². The fourth-order valence-electron chi connectivity index (χ4n) is 2.01. The minimum absolute atomic E-state index is 0.238. The average molecular weight is 226 g/mol. The van der Waals surface area contributed by atoms with Crippen molar-refractivity contribution >= 4 is 17.5 Å². The number of hydrogen-bond acceptors (Lipinski definition) is 3. The highest BCUT2D eigenvalue weighted by Crippen LogP contribution is 2.29. The summed E-state index contributed by atoms with van der Waals surface area (Å²) in [6, 6.07) is 7.77. The van der Waals surface area contributed by atoms with E-state index in [0.29, 0.717) is 12.4 Å². The zero-order valence-corrected chi connectivity index (χ0v) is 9.00. The van der Waals surface area contributed by atoms with Gasteiger partial charge in [0.05, 0.1) is 12.2 Å². The summed E-state index contributed by atoms with van der Waals surface area (Å²) in [5.41, 5.74) is 2.19. The second-order valence-corrected chi connectivity index (χ2v) is 3.92. The van der Waals surface area contributed by atoms with E-state index in [-0.39, 0.29) is 5.57 Å². The third-order valence-electron chi connectivity index (χ3n) is 2.83. The van der Waals surface area contributed by atoms with Gasteiger partial charge in [0, 0.05) is 6.20 Å². The van der Waals surface area contributed by atoms with Crippen molar-refractivity contribution in [3.63, 3.8) is 0 Å². The van der Waals surface area contributed by atoms with Gasteiger partial charge in [-0.25, -0.2) is 9.79 Å². The molecule has 1 N–H and O–H groups in total. The summed E-state index contributed by atoms with van der Waals surface area (Å²) < 4.78 is 0. The number of aliphatic imine (C=N–C) groups is 1. The van der Waals surface area contributed by atoms with Gasteiger partial charge in [0.25, 0.3) is 0 Å². The van der Waals surface area contributed by atoms with Crippen LogP contribution in [0, 0.1) is 0 Å². The number of nitrogens with zero attached hydrogens (tertiary/aromatic N) is 2. The Kier molecular flexibility index (Phi) is 2.08. The number of carbonyl (C=O) groups is 1. The van der Waals surface area contributed by atoms with E-state index in [1.807, 2.05) is 35.4 Å². The van der Waals surface area contributed by atoms with Crippen LogP contribution in [0.5, 0.6) is 0 Å². The van der Waals surface area contributed by atoms with Crippen LogP contribution in [0.4, 0.5) is 5.69 Å². The van der Waals surface area contributed by atoms with E-state index in [1.165, 1.54) is 0 Å². The van der Waals surface area contributed by atoms with Gasteiger partial charge >= 0.3 is 5.97 Å². The van der Waals surface area contributed by atoms with Gasteiger partial charge in [0.2, 0.25) is 0 Å². The molecule has 4 nitrogen and oxygen atoms in total. The molecule has 17 heavy (non-hydrogen) atoms. The van der Waals surface area contributed by atoms with Gasteiger partial charge in [-0.3, -0.25) is 0 Å². The van der Waals surface area contributed by atoms with Crippen molar-refractivity contribution in [2.75, 3.05) is 0 Å². The molecule has 2 aliphatic rings. The van der Waals surface area contributed by atoms with E-state index in [4.69, 9.17) is 5.11 Å². The summed E-state index contributed by atoms with van der Waals surface area (Å²) in [4.78, 5) is 17.4. The van der Waals surface area contributed by atoms with Crippen molar-refractivity contribution in [1.29, 1.82) is 0 Å². The van der Waals surface area contributed by atoms with Crippen LogP contribution in [0.25, 0.3) is 0 Å². The maximum atomic E-state index is 11.1. The van der Waals surface area contributed by atoms with Crippen LogP contribution in [0.2, 0.25) is 0 Å². The summed E-state index contributed by atoms with van der Waals surface area (Å²) in [5.74, 6) is -0.434. The molecular formula is C13H10N2O2. The van der Waals surface area contributed by atoms with Crippen LogP contribution in [0.1, 0.15) is 5.56 Å². The van der Waals surface area contributed by atoms with E-state index in [1.54, 1.807) is 12.2 Å². The number of aliphatic carboxylic acids is 1. The second kappa shape index (κ2) is 3.59. The number of allylic oxidation sites excluding steroid dienone is 2. The molecule has 3 rings (SSSR count). The molecule has 0 aliphatic carbocycles. The van der Waals surface area contributed by atoms with Gasteiger partial charge in [0.15, 0.2) is 0 Å². The third kappa shape index (κ3) is 1.54. The van der Waals surface area contributed by atoms with Crippen molar-refractivity contribution in [1.82, 2.24) is 4.90 Å². The number of rotatable bonds is 1. The molecule has 1 aromatic rings. The van der Waals surface area contributed by atoms with Gasteiger partial charge in [-0.2, -0.15) is 0 Å². The molecule has 2 heterocycles. The quantitative estimate of drug-likeness (QED) is 0.797. The SMILES string of the molecule is O=C(O)C1=CC=CN2Cc3ccccc3N=C12. The van der Waals surface area contributed by atoms with Crippen LogP contribution in [0.3, 0.4) is 0 Å². The van der Waals surface area contributed by atoms with Crippen molar-refractivity contribution in [3.05, 3.63) is 53.8 Å². The van der Waals surface area contributed by atoms with Gasteiger partial charge < -0.3 is 10.0 Å². The van der Waals surface area contributed by atoms with Gasteiger partial charge in [-0.15, -0.1) is 0 Å². The molecule has 0 radical (unpaired) electrons. The lowest BCUT2D eigenvalue weighted by Crippen LogP contribution is -2.33. The molecule has 0 unspecified atom stereocenters. The Balaban J connectivity index is 2.13. The maximum Gasteiger partial charge on any atom is 0.339 e. The lowest BCUT2D eigenvalue weighted by molar-refractivity contribution is -0.132. The molecule has 4 heteroatoms. The molecule has 2 aliphatic heterocycles. The number of amidine groups is 1. The molecule has 0 aromatic heterocycles. The Morgan fingerprint density at radius 3 is 3.00 bits per heavy atom. The molecule has 0 fully saturated rings. The molecular weight excluding hydrogens is 216 g/mol. The monoisotopic (exact) mass is 226 g/mol. The Morgan fingerprint density at radius 1 is 1.35 bits per heavy atom. The second-order valence-electron chi connectivity index (χ2n) is 3.92. The molecule has 0 amide bonds. The van der Waals surface area contributed by atoms with Crippen molar-refractivity contribution in [2.24, 2.45) is 4.99 Å². The molecule has 84 valence electrons. The average Bonchev–Trinajstić information content (AvgIpc) is 2.35. The summed E-state index contributed by atoms with van der Waals surface area (Å²) in [6.07, 6.45) is 5.16. The van der Waals surface area contributed by atoms with Gasteiger partial charge in [0.1, 0.15) is 11.4 Å². The van der Waals surface area contributed by atoms with Crippen molar-refractivity contribution in [3.8, 4) is 0 Å². The van der Waals surface area contributed by atoms with Crippen LogP contribution in [-0.4, -0.2) is 21.8 Å². The first kappa shape index (κ1) is 9.84. The molecule has 0 saturated carbocycles. The standard InChI is InChI=1S/C13H10N2O2/c16-13(17)10-5-3-7-15-8-9-4-1-2-6-11(9)14-12(10)15/h1-7H,8H2,(H,16,17). The van der Waals surface area contributed by atoms with Crippen molar-refractivity contribution in [2.45, 2.75) is 6.54 Å². The zero-order chi connectivity index (χ0) is 11.8. The van der Waals surface area contributed by atoms with Gasteiger partial charge in [-0.1, -0.05) is 18.2 Å². The zero-order valence-electron chi connectivity index (χ0n) is 9.00. The van der Waals surface area contributed by atoms with E-state index < -0.39 is 5.97 Å². The highest BCUT2D eigenvalue weighted by Gasteiger charge is 2.26. The lowest BCUT2D eigenvalue weighted by atomic mass is 10.1. The number of carboxylic acid groups (broad SMARTS) is 1. The first-order valence-corrected chi connectivity index (χ1v) is 5.31. The summed E-state index contributed by atoms with van der Waals surface area (Å²) in [6.45, 7) is 0.663. The Hall–Kier alpha value is -2.36. The summed E-state index contributed by atoms with van der Waals surface area (Å²) in [5, 5.41) is 9.12. The minimum Gasteiger partial charge on any atom is -0.478 e. The Bertz CT molecular complexity index is 585. The van der Waals surface area contributed by atoms with Crippen LogP contribution < -0.4 is 0 Å². The highest BCUT2D eigenvalue weighted by atomic mass is 16.4. The molecule has 0 spiro atoms. The normalized spacial score (nSPS) is 16.8. The van der Waals surface area contributed by atoms with Crippen LogP contribution in [0.15, 0.2) is 53.2 Å². The van der Waals surface area contributed by atoms with Crippen molar-refractivity contribution < 1.29 is 9.90 Å². The van der Waals surface area contributed by atoms with E-state index >= 15 is 0 Å². The molecule has 1 aromatic carbocycles. The van der Waals surface area contributed by atoms with E-state index in [9.17, 15) is 4.79 Å². The summed E-state index contributed by atoms with van der Waals surface area (Å²) in [7, 11) is 0. The van der Waals surface area contributed by atoms with Crippen LogP contribution >= 0.6 is 0 Å². The lowest BCUT2D eigenvalue weighted by Gasteiger charge is -2.29. The third-order valence-corrected chi connectivity index (χ3v) is 2.83. The first-order valence-electron chi connectivity index (χ1n) is 5.31. The predicted molar refractivity (Wildman–Crippen MR) is 63.9 cm³/mol. The largest absolute Gasteiger partial charge is 0.478 e. The van der Waals surface area contributed by atoms with E-state index in [0.717, 1.165) is 11.3 Å². The number of fused-ring (bicyclic) bond motifs is 2. The maximum absolute atomic E-state index is 11.1.